The van der Waals surface area contributed by atoms with Crippen molar-refractivity contribution in [3.8, 4) is 11.3 Å². The standard InChI is InChI=1S/C19H16FN5O/c20-17-3-1-13(12-22-17)11-15-7-10-25(19(15)26)18-4-2-16(23-24-18)14-5-8-21-9-6-14/h1-6,8-9,12,15H,7,10-11H2. The van der Waals surface area contributed by atoms with Crippen molar-refractivity contribution in [2.24, 2.45) is 5.92 Å². The Morgan fingerprint density at radius 1 is 1.08 bits per heavy atom. The van der Waals surface area contributed by atoms with E-state index in [2.05, 4.69) is 20.2 Å². The van der Waals surface area contributed by atoms with Gasteiger partial charge in [-0.2, -0.15) is 4.39 Å². The molecule has 1 aliphatic heterocycles. The molecule has 1 saturated heterocycles. The molecule has 1 amide bonds. The summed E-state index contributed by atoms with van der Waals surface area (Å²) >= 11 is 0. The Morgan fingerprint density at radius 2 is 1.92 bits per heavy atom. The highest BCUT2D eigenvalue weighted by Crippen LogP contribution is 2.27. The zero-order valence-corrected chi connectivity index (χ0v) is 13.9. The van der Waals surface area contributed by atoms with Crippen LogP contribution in [0.5, 0.6) is 0 Å². The van der Waals surface area contributed by atoms with Crippen LogP contribution < -0.4 is 4.90 Å². The quantitative estimate of drug-likeness (QED) is 0.677. The van der Waals surface area contributed by atoms with Crippen LogP contribution in [0.25, 0.3) is 11.3 Å². The van der Waals surface area contributed by atoms with Gasteiger partial charge in [-0.25, -0.2) is 4.98 Å². The Labute approximate surface area is 149 Å². The lowest BCUT2D eigenvalue weighted by molar-refractivity contribution is -0.120. The highest BCUT2D eigenvalue weighted by Gasteiger charge is 2.33. The van der Waals surface area contributed by atoms with Crippen molar-refractivity contribution in [2.75, 3.05) is 11.4 Å². The van der Waals surface area contributed by atoms with Gasteiger partial charge in [0.15, 0.2) is 5.82 Å². The summed E-state index contributed by atoms with van der Waals surface area (Å²) in [5, 5.41) is 8.44. The van der Waals surface area contributed by atoms with Crippen LogP contribution in [0.15, 0.2) is 55.0 Å². The number of rotatable bonds is 4. The van der Waals surface area contributed by atoms with Crippen LogP contribution in [-0.2, 0) is 11.2 Å². The van der Waals surface area contributed by atoms with Gasteiger partial charge in [-0.3, -0.25) is 14.7 Å². The minimum Gasteiger partial charge on any atom is -0.295 e. The molecule has 0 N–H and O–H groups in total. The molecule has 130 valence electrons. The second-order valence-corrected chi connectivity index (χ2v) is 6.18. The van der Waals surface area contributed by atoms with E-state index in [9.17, 15) is 9.18 Å². The molecular weight excluding hydrogens is 333 g/mol. The van der Waals surface area contributed by atoms with Gasteiger partial charge < -0.3 is 0 Å². The molecule has 1 atom stereocenters. The summed E-state index contributed by atoms with van der Waals surface area (Å²) in [5.41, 5.74) is 2.51. The number of carbonyl (C=O) groups is 1. The normalized spacial score (nSPS) is 16.9. The fourth-order valence-electron chi connectivity index (χ4n) is 3.11. The number of aromatic nitrogens is 4. The zero-order valence-electron chi connectivity index (χ0n) is 13.9. The van der Waals surface area contributed by atoms with Crippen LogP contribution >= 0.6 is 0 Å². The number of hydrogen-bond donors (Lipinski definition) is 0. The monoisotopic (exact) mass is 349 g/mol. The molecule has 0 spiro atoms. The van der Waals surface area contributed by atoms with E-state index in [1.165, 1.54) is 12.3 Å². The van der Waals surface area contributed by atoms with E-state index in [0.29, 0.717) is 18.8 Å². The minimum atomic E-state index is -0.516. The average Bonchev–Trinajstić information content (AvgIpc) is 3.05. The van der Waals surface area contributed by atoms with E-state index in [0.717, 1.165) is 23.2 Å². The van der Waals surface area contributed by atoms with Crippen LogP contribution in [0.3, 0.4) is 0 Å². The number of hydrogen-bond acceptors (Lipinski definition) is 5. The van der Waals surface area contributed by atoms with Gasteiger partial charge in [0, 0.05) is 36.6 Å². The maximum Gasteiger partial charge on any atom is 0.231 e. The Kier molecular flexibility index (Phi) is 4.35. The Hall–Kier alpha value is -3.22. The van der Waals surface area contributed by atoms with E-state index in [1.54, 1.807) is 23.4 Å². The fraction of sp³-hybridized carbons (Fsp3) is 0.211. The molecule has 1 unspecified atom stereocenters. The van der Waals surface area contributed by atoms with Crippen LogP contribution in [-0.4, -0.2) is 32.6 Å². The molecule has 26 heavy (non-hydrogen) atoms. The molecule has 1 fully saturated rings. The summed E-state index contributed by atoms with van der Waals surface area (Å²) in [6.45, 7) is 0.599. The van der Waals surface area contributed by atoms with Gasteiger partial charge in [0.05, 0.1) is 5.69 Å². The van der Waals surface area contributed by atoms with E-state index in [-0.39, 0.29) is 11.8 Å². The lowest BCUT2D eigenvalue weighted by Crippen LogP contribution is -2.28. The first-order valence-corrected chi connectivity index (χ1v) is 8.36. The third-order valence-electron chi connectivity index (χ3n) is 4.49. The molecule has 0 saturated carbocycles. The zero-order chi connectivity index (χ0) is 17.9. The highest BCUT2D eigenvalue weighted by atomic mass is 19.1. The van der Waals surface area contributed by atoms with Crippen molar-refractivity contribution < 1.29 is 9.18 Å². The van der Waals surface area contributed by atoms with Gasteiger partial charge in [-0.15, -0.1) is 10.2 Å². The molecule has 0 bridgehead atoms. The molecule has 7 heteroatoms. The SMILES string of the molecule is O=C1C(Cc2ccc(F)nc2)CCN1c1ccc(-c2ccncc2)nn1. The summed E-state index contributed by atoms with van der Waals surface area (Å²) in [4.78, 5) is 22.0. The molecule has 1 aliphatic rings. The molecule has 4 rings (SSSR count). The van der Waals surface area contributed by atoms with Crippen molar-refractivity contribution in [1.29, 1.82) is 0 Å². The average molecular weight is 349 g/mol. The number of pyridine rings is 2. The van der Waals surface area contributed by atoms with Gasteiger partial charge in [-0.05, 0) is 48.7 Å². The maximum atomic E-state index is 12.9. The van der Waals surface area contributed by atoms with Crippen LogP contribution in [0.2, 0.25) is 0 Å². The second kappa shape index (κ2) is 6.95. The predicted octanol–water partition coefficient (Wildman–Crippen LogP) is 2.67. The summed E-state index contributed by atoms with van der Waals surface area (Å²) < 4.78 is 12.9. The molecule has 3 aromatic heterocycles. The van der Waals surface area contributed by atoms with Crippen LogP contribution in [0.1, 0.15) is 12.0 Å². The third kappa shape index (κ3) is 3.28. The maximum absolute atomic E-state index is 12.9. The fourth-order valence-corrected chi connectivity index (χ4v) is 3.11. The first-order valence-electron chi connectivity index (χ1n) is 8.36. The van der Waals surface area contributed by atoms with Crippen LogP contribution in [0, 0.1) is 11.9 Å². The largest absolute Gasteiger partial charge is 0.295 e. The smallest absolute Gasteiger partial charge is 0.231 e. The summed E-state index contributed by atoms with van der Waals surface area (Å²) in [5.74, 6) is -0.102. The number of amides is 1. The van der Waals surface area contributed by atoms with Crippen molar-refractivity contribution >= 4 is 11.7 Å². The molecule has 3 aromatic rings. The number of halogens is 1. The first-order chi connectivity index (χ1) is 12.7. The molecule has 0 aliphatic carbocycles. The molecule has 0 aromatic carbocycles. The van der Waals surface area contributed by atoms with E-state index in [1.807, 2.05) is 24.3 Å². The summed E-state index contributed by atoms with van der Waals surface area (Å²) in [7, 11) is 0. The van der Waals surface area contributed by atoms with Crippen molar-refractivity contribution in [2.45, 2.75) is 12.8 Å². The molecule has 4 heterocycles. The number of anilines is 1. The summed E-state index contributed by atoms with van der Waals surface area (Å²) in [6.07, 6.45) is 6.15. The Bertz CT molecular complexity index is 899. The molecule has 0 radical (unpaired) electrons. The van der Waals surface area contributed by atoms with Gasteiger partial charge in [0.1, 0.15) is 0 Å². The van der Waals surface area contributed by atoms with Crippen molar-refractivity contribution in [3.05, 3.63) is 66.5 Å². The number of carbonyl (C=O) groups excluding carboxylic acids is 1. The van der Waals surface area contributed by atoms with Gasteiger partial charge in [0.2, 0.25) is 11.9 Å². The van der Waals surface area contributed by atoms with Crippen LogP contribution in [0.4, 0.5) is 10.2 Å². The number of nitrogens with zero attached hydrogens (tertiary/aromatic N) is 5. The van der Waals surface area contributed by atoms with Gasteiger partial charge in [-0.1, -0.05) is 6.07 Å². The van der Waals surface area contributed by atoms with E-state index < -0.39 is 5.95 Å². The molecular formula is C19H16FN5O. The summed E-state index contributed by atoms with van der Waals surface area (Å²) in [6, 6.07) is 10.4. The molecule has 6 nitrogen and oxygen atoms in total. The van der Waals surface area contributed by atoms with Gasteiger partial charge in [0.25, 0.3) is 0 Å². The second-order valence-electron chi connectivity index (χ2n) is 6.18. The van der Waals surface area contributed by atoms with Crippen molar-refractivity contribution in [3.63, 3.8) is 0 Å². The highest BCUT2D eigenvalue weighted by molar-refractivity contribution is 5.96. The lowest BCUT2D eigenvalue weighted by atomic mass is 9.99. The van der Waals surface area contributed by atoms with E-state index in [4.69, 9.17) is 0 Å². The Morgan fingerprint density at radius 3 is 2.62 bits per heavy atom. The van der Waals surface area contributed by atoms with Gasteiger partial charge >= 0.3 is 0 Å². The van der Waals surface area contributed by atoms with E-state index >= 15 is 0 Å². The Balaban J connectivity index is 1.47. The topological polar surface area (TPSA) is 71.9 Å². The predicted molar refractivity (Wildman–Crippen MR) is 93.6 cm³/mol. The first kappa shape index (κ1) is 16.3. The minimum absolute atomic E-state index is 0.0142. The van der Waals surface area contributed by atoms with Crippen molar-refractivity contribution in [1.82, 2.24) is 20.2 Å². The lowest BCUT2D eigenvalue weighted by Gasteiger charge is -2.15. The third-order valence-corrected chi connectivity index (χ3v) is 4.49.